The third-order valence-electron chi connectivity index (χ3n) is 6.24. The summed E-state index contributed by atoms with van der Waals surface area (Å²) in [6, 6.07) is 13.5. The van der Waals surface area contributed by atoms with Crippen molar-refractivity contribution in [1.82, 2.24) is 15.0 Å². The molecule has 48 heavy (non-hydrogen) atoms. The molecule has 0 unspecified atom stereocenters. The number of carboxylic acid groups (broad SMARTS) is 2. The van der Waals surface area contributed by atoms with Gasteiger partial charge in [0.2, 0.25) is 11.9 Å². The summed E-state index contributed by atoms with van der Waals surface area (Å²) in [7, 11) is -4.88. The van der Waals surface area contributed by atoms with E-state index >= 15 is 0 Å². The Hall–Kier alpha value is -5.97. The van der Waals surface area contributed by atoms with Gasteiger partial charge in [0.15, 0.2) is 5.75 Å². The van der Waals surface area contributed by atoms with Crippen LogP contribution in [-0.2, 0) is 19.5 Å². The Morgan fingerprint density at radius 2 is 1.44 bits per heavy atom. The number of hydrogen-bond acceptors (Lipinski definition) is 17. The second-order valence-electron chi connectivity index (χ2n) is 9.25. The van der Waals surface area contributed by atoms with Crippen molar-refractivity contribution >= 4 is 79.5 Å². The summed E-state index contributed by atoms with van der Waals surface area (Å²) < 4.78 is 38.7. The molecule has 0 aliphatic rings. The van der Waals surface area contributed by atoms with Gasteiger partial charge in [-0.1, -0.05) is 29.3 Å². The maximum atomic E-state index is 12.2. The third-order valence-corrected chi connectivity index (χ3v) is 7.69. The number of anilines is 4. The molecule has 1 aromatic heterocycles. The zero-order valence-corrected chi connectivity index (χ0v) is 25.2. The Balaban J connectivity index is 1.67. The molecule has 0 aliphatic carbocycles. The zero-order valence-electron chi connectivity index (χ0n) is 23.5. The van der Waals surface area contributed by atoms with E-state index in [1.165, 1.54) is 54.6 Å². The Morgan fingerprint density at radius 1 is 0.812 bits per heavy atom. The Morgan fingerprint density at radius 3 is 2.08 bits per heavy atom. The van der Waals surface area contributed by atoms with Gasteiger partial charge in [-0.3, -0.25) is 4.55 Å². The van der Waals surface area contributed by atoms with Gasteiger partial charge < -0.3 is 31.1 Å². The molecule has 0 atom stereocenters. The van der Waals surface area contributed by atoms with Crippen LogP contribution in [-0.4, -0.2) is 65.5 Å². The van der Waals surface area contributed by atoms with Gasteiger partial charge in [-0.2, -0.15) is 23.4 Å². The SMILES string of the molecule is O=C(O)c1ccccc1N=Nc1c(SOOO)cc2cc(S(=O)(=O)O)cc(Nc3nc(O)nc(Nc4ccccc4C(=O)O)n3)c2c1O. The van der Waals surface area contributed by atoms with Crippen molar-refractivity contribution in [3.05, 3.63) is 77.9 Å². The lowest BCUT2D eigenvalue weighted by atomic mass is 10.1. The lowest BCUT2D eigenvalue weighted by molar-refractivity contribution is -0.432. The zero-order chi connectivity index (χ0) is 34.6. The fourth-order valence-corrected chi connectivity index (χ4v) is 5.30. The number of phenolic OH excluding ortho intramolecular Hbond substituents is 1. The Kier molecular flexibility index (Phi) is 9.60. The van der Waals surface area contributed by atoms with Crippen molar-refractivity contribution in [3.63, 3.8) is 0 Å². The van der Waals surface area contributed by atoms with Crippen molar-refractivity contribution in [2.24, 2.45) is 10.2 Å². The molecule has 4 aromatic carbocycles. The number of fused-ring (bicyclic) bond motifs is 1. The maximum absolute atomic E-state index is 12.2. The number of nitrogens with zero attached hydrogens (tertiary/aromatic N) is 5. The van der Waals surface area contributed by atoms with E-state index in [9.17, 15) is 43.0 Å². The molecule has 19 nitrogen and oxygen atoms in total. The summed E-state index contributed by atoms with van der Waals surface area (Å²) in [5, 5.41) is 65.9. The number of nitrogens with one attached hydrogen (secondary N) is 2. The van der Waals surface area contributed by atoms with E-state index in [2.05, 4.69) is 45.2 Å². The van der Waals surface area contributed by atoms with Crippen LogP contribution in [0.25, 0.3) is 10.8 Å². The number of rotatable bonds is 12. The molecule has 0 aliphatic heterocycles. The number of para-hydroxylation sites is 1. The summed E-state index contributed by atoms with van der Waals surface area (Å²) in [6.07, 6.45) is 0. The van der Waals surface area contributed by atoms with Crippen LogP contribution in [0, 0.1) is 0 Å². The molecular formula is C27H19N7O12S2. The molecule has 0 saturated heterocycles. The summed E-state index contributed by atoms with van der Waals surface area (Å²) in [5.74, 6) is -4.08. The number of carbonyl (C=O) groups is 2. The molecule has 5 rings (SSSR count). The molecule has 0 saturated carbocycles. The van der Waals surface area contributed by atoms with Crippen LogP contribution in [0.2, 0.25) is 0 Å². The second kappa shape index (κ2) is 13.8. The van der Waals surface area contributed by atoms with Crippen molar-refractivity contribution in [2.75, 3.05) is 10.6 Å². The quantitative estimate of drug-likeness (QED) is 0.0265. The highest BCUT2D eigenvalue weighted by Gasteiger charge is 2.23. The number of aromatic hydroxyl groups is 2. The van der Waals surface area contributed by atoms with Gasteiger partial charge in [-0.05, 0) is 47.9 Å². The summed E-state index contributed by atoms with van der Waals surface area (Å²) >= 11 is 0.302. The summed E-state index contributed by atoms with van der Waals surface area (Å²) in [4.78, 5) is 34.0. The highest BCUT2D eigenvalue weighted by molar-refractivity contribution is 7.94. The molecule has 0 spiro atoms. The summed E-state index contributed by atoms with van der Waals surface area (Å²) in [5.41, 5.74) is -1.09. The van der Waals surface area contributed by atoms with Crippen LogP contribution in [0.1, 0.15) is 20.7 Å². The first-order valence-corrected chi connectivity index (χ1v) is 15.0. The third kappa shape index (κ3) is 7.36. The van der Waals surface area contributed by atoms with E-state index in [1.807, 2.05) is 0 Å². The highest BCUT2D eigenvalue weighted by Crippen LogP contribution is 2.47. The molecule has 5 aromatic rings. The standard InChI is InChI=1S/C27H19N7O12S2/c35-22-20-12(10-19(47-46-45-41)21(22)34-33-17-8-4-2-6-15(17)24(38)39)9-13(48(42,43)44)11-18(20)29-26-30-25(31-27(40)32-26)28-16-7-3-1-5-14(16)23(36)37/h1-11,35,41H,(H,36,37)(H,38,39)(H,42,43,44)(H3,28,29,30,31,32,40). The maximum Gasteiger partial charge on any atom is 0.337 e. The van der Waals surface area contributed by atoms with Gasteiger partial charge in [0.05, 0.1) is 44.3 Å². The van der Waals surface area contributed by atoms with Gasteiger partial charge in [0.25, 0.3) is 10.1 Å². The van der Waals surface area contributed by atoms with Crippen LogP contribution in [0.3, 0.4) is 0 Å². The lowest BCUT2D eigenvalue weighted by Crippen LogP contribution is -2.07. The minimum absolute atomic E-state index is 0.0524. The van der Waals surface area contributed by atoms with Crippen molar-refractivity contribution < 1.29 is 57.6 Å². The molecule has 0 fully saturated rings. The molecule has 0 bridgehead atoms. The van der Waals surface area contributed by atoms with Crippen LogP contribution in [0.5, 0.6) is 11.8 Å². The van der Waals surface area contributed by atoms with E-state index in [-0.39, 0.29) is 55.5 Å². The van der Waals surface area contributed by atoms with E-state index in [1.54, 1.807) is 0 Å². The van der Waals surface area contributed by atoms with E-state index in [4.69, 9.17) is 5.26 Å². The molecule has 0 radical (unpaired) electrons. The smallest absolute Gasteiger partial charge is 0.337 e. The first-order chi connectivity index (χ1) is 22.8. The van der Waals surface area contributed by atoms with Crippen LogP contribution in [0.4, 0.5) is 34.6 Å². The number of carboxylic acids is 2. The molecule has 8 N–H and O–H groups in total. The van der Waals surface area contributed by atoms with Crippen LogP contribution < -0.4 is 10.6 Å². The van der Waals surface area contributed by atoms with Crippen LogP contribution >= 0.6 is 12.0 Å². The molecule has 0 amide bonds. The minimum atomic E-state index is -4.88. The average Bonchev–Trinajstić information content (AvgIpc) is 3.02. The van der Waals surface area contributed by atoms with Crippen LogP contribution in [0.15, 0.2) is 86.7 Å². The number of aromatic nitrogens is 3. The molecule has 1 heterocycles. The van der Waals surface area contributed by atoms with E-state index < -0.39 is 44.7 Å². The number of hydrogen-bond donors (Lipinski definition) is 8. The molecular weight excluding hydrogens is 678 g/mol. The first-order valence-electron chi connectivity index (χ1n) is 12.9. The molecule has 21 heteroatoms. The summed E-state index contributed by atoms with van der Waals surface area (Å²) in [6.45, 7) is 0. The minimum Gasteiger partial charge on any atom is -0.505 e. The van der Waals surface area contributed by atoms with Gasteiger partial charge in [-0.15, -0.1) is 14.6 Å². The highest BCUT2D eigenvalue weighted by atomic mass is 32.2. The largest absolute Gasteiger partial charge is 0.505 e. The predicted molar refractivity (Wildman–Crippen MR) is 165 cm³/mol. The number of azo groups is 1. The normalized spacial score (nSPS) is 11.5. The Labute approximate surface area is 272 Å². The Bertz CT molecular complexity index is 2220. The van der Waals surface area contributed by atoms with Crippen molar-refractivity contribution in [3.8, 4) is 11.8 Å². The van der Waals surface area contributed by atoms with E-state index in [0.29, 0.717) is 12.0 Å². The van der Waals surface area contributed by atoms with Crippen molar-refractivity contribution in [2.45, 2.75) is 9.79 Å². The second-order valence-corrected chi connectivity index (χ2v) is 11.4. The fraction of sp³-hybridized carbons (Fsp3) is 0. The van der Waals surface area contributed by atoms with Gasteiger partial charge in [-0.25, -0.2) is 14.8 Å². The van der Waals surface area contributed by atoms with Crippen molar-refractivity contribution in [1.29, 1.82) is 0 Å². The molecule has 246 valence electrons. The first kappa shape index (κ1) is 33.4. The fourth-order valence-electron chi connectivity index (χ4n) is 4.26. The topological polar surface area (TPSA) is 296 Å². The predicted octanol–water partition coefficient (Wildman–Crippen LogP) is 5.41. The van der Waals surface area contributed by atoms with E-state index in [0.717, 1.165) is 12.1 Å². The lowest BCUT2D eigenvalue weighted by Gasteiger charge is -2.15. The number of phenols is 1. The van der Waals surface area contributed by atoms with Gasteiger partial charge in [0, 0.05) is 5.39 Å². The number of benzene rings is 4. The van der Waals surface area contributed by atoms with Gasteiger partial charge >= 0.3 is 17.9 Å². The number of aromatic carboxylic acids is 2. The monoisotopic (exact) mass is 697 g/mol. The van der Waals surface area contributed by atoms with Gasteiger partial charge in [0.1, 0.15) is 11.4 Å². The average molecular weight is 698 g/mol.